The van der Waals surface area contributed by atoms with Gasteiger partial charge in [0.25, 0.3) is 0 Å². The molecule has 19 heavy (non-hydrogen) atoms. The summed E-state index contributed by atoms with van der Waals surface area (Å²) in [5.74, 6) is 0. The lowest BCUT2D eigenvalue weighted by Gasteiger charge is -2.30. The number of hydrogen-bond acceptors (Lipinski definition) is 3. The number of hydrogen-bond donors (Lipinski definition) is 0. The monoisotopic (exact) mass is 323 g/mol. The summed E-state index contributed by atoms with van der Waals surface area (Å²) < 4.78 is 31.7. The molecule has 0 aliphatic carbocycles. The van der Waals surface area contributed by atoms with Crippen LogP contribution < -0.4 is 0 Å². The molecule has 1 aliphatic heterocycles. The van der Waals surface area contributed by atoms with E-state index in [2.05, 4.69) is 0 Å². The van der Waals surface area contributed by atoms with Crippen LogP contribution in [0.4, 0.5) is 0 Å². The van der Waals surface area contributed by atoms with E-state index in [9.17, 15) is 8.42 Å². The Kier molecular flexibility index (Phi) is 4.74. The van der Waals surface area contributed by atoms with Gasteiger partial charge in [-0.3, -0.25) is 0 Å². The molecule has 0 spiro atoms. The molecular formula is C12H15Cl2NO3S. The summed E-state index contributed by atoms with van der Waals surface area (Å²) >= 11 is 11.9. The second kappa shape index (κ2) is 5.97. The highest BCUT2D eigenvalue weighted by atomic mass is 35.5. The smallest absolute Gasteiger partial charge is 0.246 e. The third-order valence-corrected chi connectivity index (χ3v) is 6.11. The van der Waals surface area contributed by atoms with Crippen LogP contribution in [0.1, 0.15) is 12.8 Å². The van der Waals surface area contributed by atoms with Crippen molar-refractivity contribution in [2.45, 2.75) is 23.8 Å². The largest absolute Gasteiger partial charge is 0.381 e. The number of nitrogens with zero attached hydrogens (tertiary/aromatic N) is 1. The molecule has 0 saturated carbocycles. The van der Waals surface area contributed by atoms with Crippen LogP contribution in [-0.4, -0.2) is 39.0 Å². The average Bonchev–Trinajstić information content (AvgIpc) is 2.38. The van der Waals surface area contributed by atoms with E-state index in [-0.39, 0.29) is 21.0 Å². The molecule has 1 aromatic rings. The SMILES string of the molecule is COC1CCN(S(=O)(=O)c2c(Cl)cccc2Cl)CC1. The molecule has 0 N–H and O–H groups in total. The minimum absolute atomic E-state index is 0.00537. The second-order valence-corrected chi connectivity index (χ2v) is 7.08. The Morgan fingerprint density at radius 1 is 1.21 bits per heavy atom. The molecule has 1 saturated heterocycles. The van der Waals surface area contributed by atoms with Crippen molar-refractivity contribution in [3.05, 3.63) is 28.2 Å². The van der Waals surface area contributed by atoms with Crippen LogP contribution in [0.5, 0.6) is 0 Å². The van der Waals surface area contributed by atoms with E-state index >= 15 is 0 Å². The highest BCUT2D eigenvalue weighted by molar-refractivity contribution is 7.89. The third kappa shape index (κ3) is 3.06. The predicted octanol–water partition coefficient (Wildman–Crippen LogP) is 2.79. The van der Waals surface area contributed by atoms with Gasteiger partial charge in [-0.25, -0.2) is 8.42 Å². The Balaban J connectivity index is 2.29. The van der Waals surface area contributed by atoms with Crippen molar-refractivity contribution in [2.75, 3.05) is 20.2 Å². The molecule has 1 aromatic carbocycles. The van der Waals surface area contributed by atoms with Gasteiger partial charge in [0.15, 0.2) is 0 Å². The minimum Gasteiger partial charge on any atom is -0.381 e. The number of ether oxygens (including phenoxy) is 1. The van der Waals surface area contributed by atoms with Crippen molar-refractivity contribution in [2.24, 2.45) is 0 Å². The van der Waals surface area contributed by atoms with E-state index in [1.807, 2.05) is 0 Å². The van der Waals surface area contributed by atoms with E-state index in [0.717, 1.165) is 0 Å². The van der Waals surface area contributed by atoms with Crippen LogP contribution in [0.3, 0.4) is 0 Å². The molecule has 1 aliphatic rings. The first-order chi connectivity index (χ1) is 8.96. The van der Waals surface area contributed by atoms with Gasteiger partial charge in [0, 0.05) is 20.2 Å². The van der Waals surface area contributed by atoms with Crippen molar-refractivity contribution in [3.63, 3.8) is 0 Å². The third-order valence-electron chi connectivity index (χ3n) is 3.25. The Hall–Kier alpha value is -0.330. The Labute approximate surface area is 123 Å². The van der Waals surface area contributed by atoms with Gasteiger partial charge >= 0.3 is 0 Å². The molecule has 0 bridgehead atoms. The molecule has 0 unspecified atom stereocenters. The number of rotatable bonds is 3. The van der Waals surface area contributed by atoms with Gasteiger partial charge in [0.1, 0.15) is 4.90 Å². The van der Waals surface area contributed by atoms with Gasteiger partial charge in [-0.05, 0) is 25.0 Å². The number of sulfonamides is 1. The lowest BCUT2D eigenvalue weighted by molar-refractivity contribution is 0.0604. The van der Waals surface area contributed by atoms with Gasteiger partial charge in [-0.2, -0.15) is 4.31 Å². The molecule has 0 radical (unpaired) electrons. The Morgan fingerprint density at radius 2 is 1.74 bits per heavy atom. The first kappa shape index (κ1) is 15.1. The van der Waals surface area contributed by atoms with E-state index in [4.69, 9.17) is 27.9 Å². The summed E-state index contributed by atoms with van der Waals surface area (Å²) in [6.07, 6.45) is 1.48. The van der Waals surface area contributed by atoms with E-state index in [1.54, 1.807) is 13.2 Å². The summed E-state index contributed by atoms with van der Waals surface area (Å²) in [7, 11) is -2.00. The zero-order chi connectivity index (χ0) is 14.0. The molecule has 0 aromatic heterocycles. The van der Waals surface area contributed by atoms with Crippen LogP contribution in [0.2, 0.25) is 10.0 Å². The zero-order valence-corrected chi connectivity index (χ0v) is 12.8. The van der Waals surface area contributed by atoms with Gasteiger partial charge in [-0.15, -0.1) is 0 Å². The highest BCUT2D eigenvalue weighted by Gasteiger charge is 2.32. The van der Waals surface area contributed by atoms with Gasteiger partial charge < -0.3 is 4.74 Å². The fraction of sp³-hybridized carbons (Fsp3) is 0.500. The van der Waals surface area contributed by atoms with Gasteiger partial charge in [-0.1, -0.05) is 29.3 Å². The second-order valence-electron chi connectivity index (χ2n) is 4.39. The van der Waals surface area contributed by atoms with Crippen LogP contribution in [0.15, 0.2) is 23.1 Å². The van der Waals surface area contributed by atoms with E-state index in [0.29, 0.717) is 25.9 Å². The average molecular weight is 324 g/mol. The first-order valence-electron chi connectivity index (χ1n) is 5.93. The Morgan fingerprint density at radius 3 is 2.21 bits per heavy atom. The molecule has 0 amide bonds. The summed E-state index contributed by atoms with van der Waals surface area (Å²) in [4.78, 5) is -0.00537. The van der Waals surface area contributed by atoms with Crippen molar-refractivity contribution in [1.29, 1.82) is 0 Å². The van der Waals surface area contributed by atoms with Crippen LogP contribution in [0, 0.1) is 0 Å². The van der Waals surface area contributed by atoms with E-state index in [1.165, 1.54) is 16.4 Å². The molecule has 7 heteroatoms. The standard InChI is InChI=1S/C12H15Cl2NO3S/c1-18-9-5-7-15(8-6-9)19(16,17)12-10(13)3-2-4-11(12)14/h2-4,9H,5-8H2,1H3. The maximum Gasteiger partial charge on any atom is 0.246 e. The van der Waals surface area contributed by atoms with Crippen LogP contribution >= 0.6 is 23.2 Å². The van der Waals surface area contributed by atoms with Gasteiger partial charge in [0.2, 0.25) is 10.0 Å². The lowest BCUT2D eigenvalue weighted by Crippen LogP contribution is -2.40. The van der Waals surface area contributed by atoms with E-state index < -0.39 is 10.0 Å². The van der Waals surface area contributed by atoms with Crippen molar-refractivity contribution >= 4 is 33.2 Å². The predicted molar refractivity (Wildman–Crippen MR) is 75.3 cm³/mol. The maximum absolute atomic E-state index is 12.5. The molecule has 4 nitrogen and oxygen atoms in total. The first-order valence-corrected chi connectivity index (χ1v) is 8.13. The number of piperidine rings is 1. The van der Waals surface area contributed by atoms with Crippen molar-refractivity contribution in [1.82, 2.24) is 4.31 Å². The molecule has 106 valence electrons. The summed E-state index contributed by atoms with van der Waals surface area (Å²) in [6, 6.07) is 4.69. The number of methoxy groups -OCH3 is 1. The topological polar surface area (TPSA) is 46.6 Å². The summed E-state index contributed by atoms with van der Waals surface area (Å²) in [5, 5.41) is 0.308. The normalized spacial score (nSPS) is 18.7. The fourth-order valence-corrected chi connectivity index (χ4v) is 4.73. The number of halogens is 2. The summed E-state index contributed by atoms with van der Waals surface area (Å²) in [6.45, 7) is 0.838. The molecule has 0 atom stereocenters. The molecule has 2 rings (SSSR count). The van der Waals surface area contributed by atoms with Crippen LogP contribution in [0.25, 0.3) is 0 Å². The quantitative estimate of drug-likeness (QED) is 0.859. The zero-order valence-electron chi connectivity index (χ0n) is 10.5. The van der Waals surface area contributed by atoms with Crippen molar-refractivity contribution < 1.29 is 13.2 Å². The van der Waals surface area contributed by atoms with Crippen molar-refractivity contribution in [3.8, 4) is 0 Å². The number of benzene rings is 1. The maximum atomic E-state index is 12.5. The highest BCUT2D eigenvalue weighted by Crippen LogP contribution is 2.32. The summed E-state index contributed by atoms with van der Waals surface area (Å²) in [5.41, 5.74) is 0. The minimum atomic E-state index is -3.64. The van der Waals surface area contributed by atoms with Gasteiger partial charge in [0.05, 0.1) is 16.1 Å². The molecule has 1 heterocycles. The lowest BCUT2D eigenvalue weighted by atomic mass is 10.1. The van der Waals surface area contributed by atoms with Crippen LogP contribution in [-0.2, 0) is 14.8 Å². The molecule has 1 fully saturated rings. The Bertz CT molecular complexity index is 534. The molecular weight excluding hydrogens is 309 g/mol. The fourth-order valence-electron chi connectivity index (χ4n) is 2.17.